The molecule has 136 valence electrons. The van der Waals surface area contributed by atoms with E-state index in [1.165, 1.54) is 6.42 Å². The fourth-order valence-corrected chi connectivity index (χ4v) is 3.17. The van der Waals surface area contributed by atoms with Crippen LogP contribution in [0.25, 0.3) is 17.1 Å². The minimum Gasteiger partial charge on any atom is -0.342 e. The van der Waals surface area contributed by atoms with E-state index in [-0.39, 0.29) is 18.2 Å². The number of piperidine rings is 1. The summed E-state index contributed by atoms with van der Waals surface area (Å²) >= 11 is 0. The Bertz CT molecular complexity index is 923. The maximum atomic E-state index is 12.5. The van der Waals surface area contributed by atoms with Gasteiger partial charge >= 0.3 is 0 Å². The predicted octanol–water partition coefficient (Wildman–Crippen LogP) is 2.46. The number of likely N-dealkylation sites (tertiary alicyclic amines) is 1. The average molecular weight is 354 g/mol. The van der Waals surface area contributed by atoms with E-state index >= 15 is 0 Å². The number of aromatic nitrogens is 5. The first kappa shape index (κ1) is 16.7. The number of amides is 1. The summed E-state index contributed by atoms with van der Waals surface area (Å²) in [6.45, 7) is 5.72. The van der Waals surface area contributed by atoms with Crippen molar-refractivity contribution in [1.82, 2.24) is 29.6 Å². The van der Waals surface area contributed by atoms with Crippen LogP contribution in [0.5, 0.6) is 0 Å². The van der Waals surface area contributed by atoms with Gasteiger partial charge in [0, 0.05) is 30.8 Å². The van der Waals surface area contributed by atoms with E-state index in [0.29, 0.717) is 23.2 Å². The van der Waals surface area contributed by atoms with Gasteiger partial charge in [0.2, 0.25) is 5.91 Å². The Labute approximate surface area is 151 Å². The third-order valence-corrected chi connectivity index (χ3v) is 4.70. The van der Waals surface area contributed by atoms with Crippen LogP contribution in [0, 0.1) is 0 Å². The molecule has 0 unspecified atom stereocenters. The number of carbonyl (C=O) groups excluding carboxylic acids is 1. The Morgan fingerprint density at radius 3 is 2.77 bits per heavy atom. The van der Waals surface area contributed by atoms with E-state index in [2.05, 4.69) is 20.3 Å². The van der Waals surface area contributed by atoms with Crippen molar-refractivity contribution < 1.29 is 9.32 Å². The summed E-state index contributed by atoms with van der Waals surface area (Å²) in [7, 11) is 0. The zero-order chi connectivity index (χ0) is 18.1. The number of hydrogen-bond acceptors (Lipinski definition) is 6. The van der Waals surface area contributed by atoms with Crippen LogP contribution in [0.15, 0.2) is 22.9 Å². The van der Waals surface area contributed by atoms with Gasteiger partial charge in [0.25, 0.3) is 5.89 Å². The van der Waals surface area contributed by atoms with E-state index < -0.39 is 0 Å². The molecule has 4 heterocycles. The summed E-state index contributed by atoms with van der Waals surface area (Å²) < 4.78 is 7.17. The highest BCUT2D eigenvalue weighted by molar-refractivity contribution is 5.78. The third kappa shape index (κ3) is 3.18. The van der Waals surface area contributed by atoms with E-state index in [9.17, 15) is 4.79 Å². The molecule has 3 aromatic heterocycles. The summed E-state index contributed by atoms with van der Waals surface area (Å²) in [5.74, 6) is 2.10. The molecule has 0 radical (unpaired) electrons. The lowest BCUT2D eigenvalue weighted by molar-refractivity contribution is -0.131. The zero-order valence-corrected chi connectivity index (χ0v) is 15.1. The molecule has 1 fully saturated rings. The molecule has 0 bridgehead atoms. The smallest absolute Gasteiger partial charge is 0.258 e. The number of rotatable bonds is 4. The second kappa shape index (κ2) is 6.86. The maximum Gasteiger partial charge on any atom is 0.258 e. The van der Waals surface area contributed by atoms with Gasteiger partial charge in [-0.25, -0.2) is 0 Å². The molecule has 0 spiro atoms. The molecule has 4 rings (SSSR count). The number of fused-ring (bicyclic) bond motifs is 1. The fourth-order valence-electron chi connectivity index (χ4n) is 3.17. The van der Waals surface area contributed by atoms with Gasteiger partial charge < -0.3 is 9.42 Å². The Morgan fingerprint density at radius 2 is 2.04 bits per heavy atom. The quantitative estimate of drug-likeness (QED) is 0.715. The van der Waals surface area contributed by atoms with Gasteiger partial charge in [-0.2, -0.15) is 4.98 Å². The highest BCUT2D eigenvalue weighted by atomic mass is 16.5. The molecule has 8 heteroatoms. The van der Waals surface area contributed by atoms with Crippen LogP contribution < -0.4 is 0 Å². The summed E-state index contributed by atoms with van der Waals surface area (Å²) in [4.78, 5) is 18.8. The molecule has 1 saturated heterocycles. The van der Waals surface area contributed by atoms with Gasteiger partial charge in [0.15, 0.2) is 11.5 Å². The minimum atomic E-state index is 0.113. The molecule has 0 saturated carbocycles. The first-order valence-corrected chi connectivity index (χ1v) is 9.07. The number of nitrogens with zero attached hydrogens (tertiary/aromatic N) is 6. The Kier molecular flexibility index (Phi) is 4.40. The first-order valence-electron chi connectivity index (χ1n) is 9.07. The molecule has 1 aliphatic rings. The standard InChI is InChI=1S/C18H22N6O2/c1-12(2)17-19-18(26-22-17)13-6-9-24-14(10-13)20-21-15(24)11-16(25)23-7-4-3-5-8-23/h6,9-10,12H,3-5,7-8,11H2,1-2H3. The maximum absolute atomic E-state index is 12.5. The second-order valence-corrected chi connectivity index (χ2v) is 6.99. The topological polar surface area (TPSA) is 89.4 Å². The van der Waals surface area contributed by atoms with Gasteiger partial charge in [-0.1, -0.05) is 19.0 Å². The molecular formula is C18H22N6O2. The van der Waals surface area contributed by atoms with Crippen LogP contribution in [0.2, 0.25) is 0 Å². The molecule has 1 amide bonds. The largest absolute Gasteiger partial charge is 0.342 e. The molecule has 1 aliphatic heterocycles. The third-order valence-electron chi connectivity index (χ3n) is 4.70. The van der Waals surface area contributed by atoms with Crippen LogP contribution in [-0.4, -0.2) is 48.6 Å². The van der Waals surface area contributed by atoms with Crippen molar-refractivity contribution in [2.45, 2.75) is 45.4 Å². The summed E-state index contributed by atoms with van der Waals surface area (Å²) in [5, 5.41) is 12.4. The van der Waals surface area contributed by atoms with Crippen LogP contribution in [0.3, 0.4) is 0 Å². The monoisotopic (exact) mass is 354 g/mol. The lowest BCUT2D eigenvalue weighted by Gasteiger charge is -2.26. The highest BCUT2D eigenvalue weighted by Gasteiger charge is 2.20. The van der Waals surface area contributed by atoms with E-state index in [4.69, 9.17) is 4.52 Å². The summed E-state index contributed by atoms with van der Waals surface area (Å²) in [6.07, 6.45) is 5.48. The van der Waals surface area contributed by atoms with E-state index in [0.717, 1.165) is 31.5 Å². The van der Waals surface area contributed by atoms with Crippen LogP contribution >= 0.6 is 0 Å². The summed E-state index contributed by atoms with van der Waals surface area (Å²) in [5.41, 5.74) is 1.45. The fraction of sp³-hybridized carbons (Fsp3) is 0.500. The van der Waals surface area contributed by atoms with Crippen molar-refractivity contribution >= 4 is 11.6 Å². The van der Waals surface area contributed by atoms with Crippen molar-refractivity contribution in [1.29, 1.82) is 0 Å². The molecule has 0 N–H and O–H groups in total. The van der Waals surface area contributed by atoms with Gasteiger partial charge in [0.05, 0.1) is 6.42 Å². The van der Waals surface area contributed by atoms with Crippen LogP contribution in [0.4, 0.5) is 0 Å². The normalized spacial score (nSPS) is 15.1. The van der Waals surface area contributed by atoms with Crippen molar-refractivity contribution in [3.05, 3.63) is 30.0 Å². The average Bonchev–Trinajstić information content (AvgIpc) is 3.30. The second-order valence-electron chi connectivity index (χ2n) is 6.99. The van der Waals surface area contributed by atoms with Gasteiger partial charge in [-0.3, -0.25) is 9.20 Å². The van der Waals surface area contributed by atoms with E-state index in [1.54, 1.807) is 0 Å². The zero-order valence-electron chi connectivity index (χ0n) is 15.1. The highest BCUT2D eigenvalue weighted by Crippen LogP contribution is 2.21. The Morgan fingerprint density at radius 1 is 1.23 bits per heavy atom. The van der Waals surface area contributed by atoms with Gasteiger partial charge in [0.1, 0.15) is 5.82 Å². The number of hydrogen-bond donors (Lipinski definition) is 0. The van der Waals surface area contributed by atoms with Gasteiger partial charge in [-0.15, -0.1) is 10.2 Å². The van der Waals surface area contributed by atoms with Crippen molar-refractivity contribution in [3.8, 4) is 11.5 Å². The molecule has 26 heavy (non-hydrogen) atoms. The lowest BCUT2D eigenvalue weighted by Crippen LogP contribution is -2.36. The van der Waals surface area contributed by atoms with Crippen LogP contribution in [-0.2, 0) is 11.2 Å². The molecule has 0 aliphatic carbocycles. The van der Waals surface area contributed by atoms with E-state index in [1.807, 2.05) is 41.5 Å². The van der Waals surface area contributed by atoms with Crippen molar-refractivity contribution in [2.24, 2.45) is 0 Å². The van der Waals surface area contributed by atoms with Gasteiger partial charge in [-0.05, 0) is 31.4 Å². The predicted molar refractivity (Wildman–Crippen MR) is 94.5 cm³/mol. The molecule has 8 nitrogen and oxygen atoms in total. The first-order chi connectivity index (χ1) is 12.6. The van der Waals surface area contributed by atoms with Crippen LogP contribution in [0.1, 0.15) is 50.7 Å². The SMILES string of the molecule is CC(C)c1noc(-c2ccn3c(CC(=O)N4CCCCC4)nnc3c2)n1. The Balaban J connectivity index is 1.56. The van der Waals surface area contributed by atoms with Crippen molar-refractivity contribution in [2.75, 3.05) is 13.1 Å². The minimum absolute atomic E-state index is 0.113. The summed E-state index contributed by atoms with van der Waals surface area (Å²) in [6, 6.07) is 3.72. The Hall–Kier alpha value is -2.77. The lowest BCUT2D eigenvalue weighted by atomic mass is 10.1. The molecular weight excluding hydrogens is 332 g/mol. The number of pyridine rings is 1. The molecule has 0 aromatic carbocycles. The number of carbonyl (C=O) groups is 1. The molecule has 0 atom stereocenters. The molecule has 3 aromatic rings. The van der Waals surface area contributed by atoms with Crippen molar-refractivity contribution in [3.63, 3.8) is 0 Å².